The molecule has 1 aromatic carbocycles. The quantitative estimate of drug-likeness (QED) is 0.822. The number of rotatable bonds is 2. The molecule has 1 fully saturated rings. The van der Waals surface area contributed by atoms with Gasteiger partial charge >= 0.3 is 0 Å². The fourth-order valence-corrected chi connectivity index (χ4v) is 2.73. The standard InChI is InChI=1S/C13H15IN2O2/c1-3-10-13(18)16(8(2)12(17)15-10)11-7-5-4-6-9(11)14/h4-8,10H,3H2,1-2H3,(H,15,17). The second kappa shape index (κ2) is 5.26. The maximum atomic E-state index is 12.4. The number of nitrogens with zero attached hydrogens (tertiary/aromatic N) is 1. The Balaban J connectivity index is 2.43. The average molecular weight is 358 g/mol. The van der Waals surface area contributed by atoms with E-state index in [1.165, 1.54) is 0 Å². The van der Waals surface area contributed by atoms with Crippen LogP contribution in [0.4, 0.5) is 5.69 Å². The summed E-state index contributed by atoms with van der Waals surface area (Å²) >= 11 is 2.18. The number of para-hydroxylation sites is 1. The van der Waals surface area contributed by atoms with Crippen LogP contribution in [0.5, 0.6) is 0 Å². The van der Waals surface area contributed by atoms with Gasteiger partial charge in [0, 0.05) is 3.57 Å². The molecule has 4 nitrogen and oxygen atoms in total. The number of anilines is 1. The maximum Gasteiger partial charge on any atom is 0.250 e. The van der Waals surface area contributed by atoms with Gasteiger partial charge in [0.1, 0.15) is 12.1 Å². The predicted molar refractivity (Wildman–Crippen MR) is 78.3 cm³/mol. The minimum Gasteiger partial charge on any atom is -0.343 e. The Bertz CT molecular complexity index is 490. The van der Waals surface area contributed by atoms with Crippen molar-refractivity contribution in [1.29, 1.82) is 0 Å². The summed E-state index contributed by atoms with van der Waals surface area (Å²) in [5.74, 6) is -0.130. The molecule has 2 unspecified atom stereocenters. The number of hydrogen-bond acceptors (Lipinski definition) is 2. The number of benzene rings is 1. The van der Waals surface area contributed by atoms with Gasteiger partial charge in [-0.15, -0.1) is 0 Å². The van der Waals surface area contributed by atoms with E-state index >= 15 is 0 Å². The van der Waals surface area contributed by atoms with Gasteiger partial charge in [-0.25, -0.2) is 0 Å². The van der Waals surface area contributed by atoms with Gasteiger partial charge in [-0.1, -0.05) is 19.1 Å². The molecule has 1 saturated heterocycles. The van der Waals surface area contributed by atoms with Crippen molar-refractivity contribution in [2.75, 3.05) is 4.90 Å². The molecule has 0 spiro atoms. The summed E-state index contributed by atoms with van der Waals surface area (Å²) in [6.07, 6.45) is 0.608. The Morgan fingerprint density at radius 3 is 2.61 bits per heavy atom. The highest BCUT2D eigenvalue weighted by molar-refractivity contribution is 14.1. The highest BCUT2D eigenvalue weighted by atomic mass is 127. The topological polar surface area (TPSA) is 49.4 Å². The fourth-order valence-electron chi connectivity index (χ4n) is 2.08. The van der Waals surface area contributed by atoms with Gasteiger partial charge < -0.3 is 5.32 Å². The van der Waals surface area contributed by atoms with E-state index in [0.717, 1.165) is 9.26 Å². The van der Waals surface area contributed by atoms with Crippen LogP contribution >= 0.6 is 22.6 Å². The van der Waals surface area contributed by atoms with Crippen LogP contribution < -0.4 is 10.2 Å². The van der Waals surface area contributed by atoms with E-state index in [2.05, 4.69) is 27.9 Å². The number of piperazine rings is 1. The van der Waals surface area contributed by atoms with E-state index in [-0.39, 0.29) is 11.8 Å². The molecule has 2 amide bonds. The molecule has 5 heteroatoms. The van der Waals surface area contributed by atoms with E-state index in [1.807, 2.05) is 31.2 Å². The van der Waals surface area contributed by atoms with Gasteiger partial charge in [0.05, 0.1) is 5.69 Å². The van der Waals surface area contributed by atoms with Crippen LogP contribution in [0.3, 0.4) is 0 Å². The highest BCUT2D eigenvalue weighted by Crippen LogP contribution is 2.27. The number of amides is 2. The summed E-state index contributed by atoms with van der Waals surface area (Å²) in [5, 5.41) is 2.75. The Morgan fingerprint density at radius 2 is 2.00 bits per heavy atom. The summed E-state index contributed by atoms with van der Waals surface area (Å²) in [6, 6.07) is 6.73. The van der Waals surface area contributed by atoms with Crippen LogP contribution in [0.1, 0.15) is 20.3 Å². The average Bonchev–Trinajstić information content (AvgIpc) is 2.36. The summed E-state index contributed by atoms with van der Waals surface area (Å²) in [6.45, 7) is 3.65. The van der Waals surface area contributed by atoms with Gasteiger partial charge in [0.25, 0.3) is 0 Å². The van der Waals surface area contributed by atoms with Crippen molar-refractivity contribution in [3.8, 4) is 0 Å². The van der Waals surface area contributed by atoms with Gasteiger partial charge in [-0.05, 0) is 48.1 Å². The van der Waals surface area contributed by atoms with Crippen molar-refractivity contribution in [3.63, 3.8) is 0 Å². The lowest BCUT2D eigenvalue weighted by atomic mass is 10.1. The zero-order valence-electron chi connectivity index (χ0n) is 10.3. The fraction of sp³-hybridized carbons (Fsp3) is 0.385. The number of carbonyl (C=O) groups excluding carboxylic acids is 2. The molecule has 0 saturated carbocycles. The van der Waals surface area contributed by atoms with Crippen molar-refractivity contribution in [1.82, 2.24) is 5.32 Å². The molecular weight excluding hydrogens is 343 g/mol. The minimum absolute atomic E-state index is 0.0336. The zero-order chi connectivity index (χ0) is 13.3. The maximum absolute atomic E-state index is 12.4. The first-order valence-corrected chi connectivity index (χ1v) is 7.02. The van der Waals surface area contributed by atoms with Crippen molar-refractivity contribution in [2.24, 2.45) is 0 Å². The summed E-state index contributed by atoms with van der Waals surface area (Å²) in [7, 11) is 0. The van der Waals surface area contributed by atoms with Gasteiger partial charge in [0.15, 0.2) is 0 Å². The second-order valence-corrected chi connectivity index (χ2v) is 5.47. The van der Waals surface area contributed by atoms with Crippen LogP contribution in [-0.2, 0) is 9.59 Å². The van der Waals surface area contributed by atoms with E-state index < -0.39 is 12.1 Å². The van der Waals surface area contributed by atoms with Crippen molar-refractivity contribution in [3.05, 3.63) is 27.8 Å². The molecule has 1 aliphatic rings. The molecule has 0 aromatic heterocycles. The van der Waals surface area contributed by atoms with E-state index in [4.69, 9.17) is 0 Å². The Morgan fingerprint density at radius 1 is 1.33 bits per heavy atom. The molecule has 1 N–H and O–H groups in total. The summed E-state index contributed by atoms with van der Waals surface area (Å²) in [5.41, 5.74) is 0.809. The monoisotopic (exact) mass is 358 g/mol. The molecule has 2 rings (SSSR count). The molecule has 1 heterocycles. The van der Waals surface area contributed by atoms with Gasteiger partial charge in [0.2, 0.25) is 11.8 Å². The van der Waals surface area contributed by atoms with E-state index in [0.29, 0.717) is 6.42 Å². The molecule has 0 radical (unpaired) electrons. The Labute approximate surface area is 120 Å². The van der Waals surface area contributed by atoms with Crippen LogP contribution in [0, 0.1) is 3.57 Å². The van der Waals surface area contributed by atoms with Crippen LogP contribution in [0.15, 0.2) is 24.3 Å². The predicted octanol–water partition coefficient (Wildman–Crippen LogP) is 1.92. The second-order valence-electron chi connectivity index (χ2n) is 4.31. The SMILES string of the molecule is CCC1NC(=O)C(C)N(c2ccccc2I)C1=O. The van der Waals surface area contributed by atoms with Crippen molar-refractivity contribution < 1.29 is 9.59 Å². The largest absolute Gasteiger partial charge is 0.343 e. The molecule has 0 aliphatic carbocycles. The lowest BCUT2D eigenvalue weighted by Crippen LogP contribution is -2.62. The van der Waals surface area contributed by atoms with Crippen molar-refractivity contribution in [2.45, 2.75) is 32.4 Å². The third-order valence-electron chi connectivity index (χ3n) is 3.14. The van der Waals surface area contributed by atoms with Crippen molar-refractivity contribution >= 4 is 40.1 Å². The number of carbonyl (C=O) groups is 2. The van der Waals surface area contributed by atoms with Crippen LogP contribution in [0.2, 0.25) is 0 Å². The first-order valence-electron chi connectivity index (χ1n) is 5.94. The smallest absolute Gasteiger partial charge is 0.250 e. The van der Waals surface area contributed by atoms with Crippen LogP contribution in [0.25, 0.3) is 0 Å². The normalized spacial score (nSPS) is 24.1. The van der Waals surface area contributed by atoms with Gasteiger partial charge in [-0.3, -0.25) is 14.5 Å². The molecule has 0 bridgehead atoms. The lowest BCUT2D eigenvalue weighted by Gasteiger charge is -2.37. The van der Waals surface area contributed by atoms with E-state index in [1.54, 1.807) is 11.8 Å². The zero-order valence-corrected chi connectivity index (χ0v) is 12.5. The molecule has 96 valence electrons. The number of hydrogen-bond donors (Lipinski definition) is 1. The van der Waals surface area contributed by atoms with E-state index in [9.17, 15) is 9.59 Å². The molecule has 1 aliphatic heterocycles. The van der Waals surface area contributed by atoms with Crippen LogP contribution in [-0.4, -0.2) is 23.9 Å². The summed E-state index contributed by atoms with van der Waals surface area (Å²) < 4.78 is 0.972. The Kier molecular flexibility index (Phi) is 3.89. The summed E-state index contributed by atoms with van der Waals surface area (Å²) in [4.78, 5) is 25.9. The van der Waals surface area contributed by atoms with Gasteiger partial charge in [-0.2, -0.15) is 0 Å². The number of nitrogens with one attached hydrogen (secondary N) is 1. The highest BCUT2D eigenvalue weighted by Gasteiger charge is 2.38. The number of halogens is 1. The Hall–Kier alpha value is -1.11. The minimum atomic E-state index is -0.462. The molecular formula is C13H15IN2O2. The molecule has 1 aromatic rings. The molecule has 2 atom stereocenters. The lowest BCUT2D eigenvalue weighted by molar-refractivity contribution is -0.133. The first-order chi connectivity index (χ1) is 8.56. The molecule has 18 heavy (non-hydrogen) atoms. The third-order valence-corrected chi connectivity index (χ3v) is 4.05. The third kappa shape index (κ3) is 2.23. The first kappa shape index (κ1) is 13.3.